The van der Waals surface area contributed by atoms with E-state index in [0.29, 0.717) is 12.6 Å². The van der Waals surface area contributed by atoms with Crippen molar-refractivity contribution in [1.82, 2.24) is 9.88 Å². The first-order chi connectivity index (χ1) is 10.2. The summed E-state index contributed by atoms with van der Waals surface area (Å²) in [5.74, 6) is -0.173. The van der Waals surface area contributed by atoms with Gasteiger partial charge in [-0.2, -0.15) is 0 Å². The first-order valence-electron chi connectivity index (χ1n) is 7.86. The van der Waals surface area contributed by atoms with Crippen molar-refractivity contribution in [1.29, 1.82) is 0 Å². The molecule has 0 saturated carbocycles. The fourth-order valence-corrected chi connectivity index (χ4v) is 2.60. The van der Waals surface area contributed by atoms with Gasteiger partial charge in [-0.05, 0) is 48.7 Å². The van der Waals surface area contributed by atoms with Crippen molar-refractivity contribution in [3.05, 3.63) is 59.7 Å². The maximum absolute atomic E-state index is 13.2. The summed E-state index contributed by atoms with van der Waals surface area (Å²) in [7, 11) is 0. The van der Waals surface area contributed by atoms with E-state index in [9.17, 15) is 4.39 Å². The van der Waals surface area contributed by atoms with Crippen LogP contribution < -0.4 is 5.32 Å². The van der Waals surface area contributed by atoms with E-state index in [2.05, 4.69) is 42.2 Å². The van der Waals surface area contributed by atoms with Crippen LogP contribution in [0.2, 0.25) is 0 Å². The van der Waals surface area contributed by atoms with Crippen LogP contribution in [-0.4, -0.2) is 11.1 Å². The van der Waals surface area contributed by atoms with Gasteiger partial charge in [-0.25, -0.2) is 4.39 Å². The van der Waals surface area contributed by atoms with Gasteiger partial charge in [0.2, 0.25) is 0 Å². The zero-order valence-corrected chi connectivity index (χ0v) is 13.0. The fraction of sp³-hybridized carbons (Fsp3) is 0.444. The van der Waals surface area contributed by atoms with Gasteiger partial charge < -0.3 is 9.88 Å². The number of benzene rings is 1. The van der Waals surface area contributed by atoms with Crippen LogP contribution in [0.3, 0.4) is 0 Å². The minimum absolute atomic E-state index is 0.173. The van der Waals surface area contributed by atoms with Crippen LogP contribution in [0.15, 0.2) is 42.7 Å². The highest BCUT2D eigenvalue weighted by Crippen LogP contribution is 2.19. The highest BCUT2D eigenvalue weighted by Gasteiger charge is 2.11. The van der Waals surface area contributed by atoms with Gasteiger partial charge in [0.25, 0.3) is 0 Å². The lowest BCUT2D eigenvalue weighted by atomic mass is 10.1. The van der Waals surface area contributed by atoms with Crippen molar-refractivity contribution >= 4 is 0 Å². The largest absolute Gasteiger partial charge is 0.350 e. The fourth-order valence-electron chi connectivity index (χ4n) is 2.60. The summed E-state index contributed by atoms with van der Waals surface area (Å²) in [6.07, 6.45) is 7.70. The third-order valence-electron chi connectivity index (χ3n) is 3.65. The molecule has 114 valence electrons. The topological polar surface area (TPSA) is 17.0 Å². The van der Waals surface area contributed by atoms with E-state index in [0.717, 1.165) is 31.4 Å². The van der Waals surface area contributed by atoms with E-state index in [4.69, 9.17) is 0 Å². The zero-order valence-electron chi connectivity index (χ0n) is 13.0. The summed E-state index contributed by atoms with van der Waals surface area (Å²) in [5.41, 5.74) is 2.31. The van der Waals surface area contributed by atoms with E-state index in [1.165, 1.54) is 11.6 Å². The molecule has 21 heavy (non-hydrogen) atoms. The van der Waals surface area contributed by atoms with Gasteiger partial charge in [-0.15, -0.1) is 0 Å². The van der Waals surface area contributed by atoms with E-state index >= 15 is 0 Å². The van der Waals surface area contributed by atoms with Crippen molar-refractivity contribution in [2.45, 2.75) is 45.7 Å². The Kier molecular flexibility index (Phi) is 6.00. The lowest BCUT2D eigenvalue weighted by molar-refractivity contribution is 0.493. The van der Waals surface area contributed by atoms with Crippen molar-refractivity contribution in [3.63, 3.8) is 0 Å². The second-order valence-electron chi connectivity index (χ2n) is 5.54. The summed E-state index contributed by atoms with van der Waals surface area (Å²) in [5, 5.41) is 3.60. The number of hydrogen-bond donors (Lipinski definition) is 1. The SMILES string of the molecule is CCCNC(CCC)c1ccn(Cc2cccc(F)c2)c1. The third-order valence-corrected chi connectivity index (χ3v) is 3.65. The molecule has 3 heteroatoms. The molecule has 2 aromatic rings. The standard InChI is InChI=1S/C18H25FN2/c1-3-6-18(20-10-4-2)16-9-11-21(14-16)13-15-7-5-8-17(19)12-15/h5,7-9,11-12,14,18,20H,3-4,6,10,13H2,1-2H3. The molecule has 1 aromatic heterocycles. The predicted molar refractivity (Wildman–Crippen MR) is 85.9 cm³/mol. The Bertz CT molecular complexity index is 548. The van der Waals surface area contributed by atoms with Crippen LogP contribution in [0.1, 0.15) is 50.3 Å². The minimum atomic E-state index is -0.173. The molecule has 0 saturated heterocycles. The van der Waals surface area contributed by atoms with Crippen molar-refractivity contribution in [2.24, 2.45) is 0 Å². The summed E-state index contributed by atoms with van der Waals surface area (Å²) in [6, 6.07) is 9.39. The smallest absolute Gasteiger partial charge is 0.123 e. The normalized spacial score (nSPS) is 12.5. The number of rotatable bonds is 8. The molecule has 2 nitrogen and oxygen atoms in total. The van der Waals surface area contributed by atoms with Crippen molar-refractivity contribution in [2.75, 3.05) is 6.54 Å². The molecule has 0 radical (unpaired) electrons. The molecule has 1 aromatic carbocycles. The quantitative estimate of drug-likeness (QED) is 0.756. The summed E-state index contributed by atoms with van der Waals surface area (Å²) in [6.45, 7) is 6.15. The van der Waals surface area contributed by atoms with Gasteiger partial charge in [0, 0.05) is 25.0 Å². The summed E-state index contributed by atoms with van der Waals surface area (Å²) >= 11 is 0. The maximum atomic E-state index is 13.2. The van der Waals surface area contributed by atoms with Crippen LogP contribution in [0.5, 0.6) is 0 Å². The zero-order chi connectivity index (χ0) is 15.1. The van der Waals surface area contributed by atoms with Gasteiger partial charge >= 0.3 is 0 Å². The van der Waals surface area contributed by atoms with Crippen molar-refractivity contribution < 1.29 is 4.39 Å². The first kappa shape index (κ1) is 15.8. The molecule has 1 heterocycles. The Labute approximate surface area is 127 Å². The van der Waals surface area contributed by atoms with E-state index in [1.54, 1.807) is 12.1 Å². The summed E-state index contributed by atoms with van der Waals surface area (Å²) < 4.78 is 15.3. The number of nitrogens with zero attached hydrogens (tertiary/aromatic N) is 1. The molecule has 0 bridgehead atoms. The number of nitrogens with one attached hydrogen (secondary N) is 1. The molecule has 0 aliphatic carbocycles. The molecule has 0 aliphatic heterocycles. The monoisotopic (exact) mass is 288 g/mol. The Hall–Kier alpha value is -1.61. The Morgan fingerprint density at radius 2 is 2.05 bits per heavy atom. The molecular formula is C18H25FN2. The van der Waals surface area contributed by atoms with Crippen LogP contribution in [-0.2, 0) is 6.54 Å². The highest BCUT2D eigenvalue weighted by molar-refractivity contribution is 5.20. The van der Waals surface area contributed by atoms with Crippen LogP contribution in [0.4, 0.5) is 4.39 Å². The molecule has 0 spiro atoms. The Morgan fingerprint density at radius 1 is 1.19 bits per heavy atom. The molecule has 2 rings (SSSR count). The highest BCUT2D eigenvalue weighted by atomic mass is 19.1. The number of halogens is 1. The lowest BCUT2D eigenvalue weighted by Gasteiger charge is -2.16. The molecule has 1 N–H and O–H groups in total. The second kappa shape index (κ2) is 7.99. The van der Waals surface area contributed by atoms with Gasteiger partial charge in [0.15, 0.2) is 0 Å². The first-order valence-corrected chi connectivity index (χ1v) is 7.86. The minimum Gasteiger partial charge on any atom is -0.350 e. The van der Waals surface area contributed by atoms with Gasteiger partial charge in [0.1, 0.15) is 5.82 Å². The van der Waals surface area contributed by atoms with Crippen LogP contribution >= 0.6 is 0 Å². The van der Waals surface area contributed by atoms with Crippen LogP contribution in [0, 0.1) is 5.82 Å². The molecule has 1 atom stereocenters. The second-order valence-corrected chi connectivity index (χ2v) is 5.54. The summed E-state index contributed by atoms with van der Waals surface area (Å²) in [4.78, 5) is 0. The third kappa shape index (κ3) is 4.71. The Morgan fingerprint density at radius 3 is 2.76 bits per heavy atom. The van der Waals surface area contributed by atoms with E-state index < -0.39 is 0 Å². The Balaban J connectivity index is 2.05. The van der Waals surface area contributed by atoms with E-state index in [-0.39, 0.29) is 5.82 Å². The maximum Gasteiger partial charge on any atom is 0.123 e. The predicted octanol–water partition coefficient (Wildman–Crippen LogP) is 4.52. The molecule has 0 amide bonds. The molecular weight excluding hydrogens is 263 g/mol. The van der Waals surface area contributed by atoms with Crippen LogP contribution in [0.25, 0.3) is 0 Å². The van der Waals surface area contributed by atoms with Gasteiger partial charge in [-0.3, -0.25) is 0 Å². The number of hydrogen-bond acceptors (Lipinski definition) is 1. The molecule has 0 aliphatic rings. The van der Waals surface area contributed by atoms with E-state index in [1.807, 2.05) is 6.07 Å². The molecule has 1 unspecified atom stereocenters. The van der Waals surface area contributed by atoms with Gasteiger partial charge in [-0.1, -0.05) is 32.4 Å². The lowest BCUT2D eigenvalue weighted by Crippen LogP contribution is -2.21. The molecule has 0 fully saturated rings. The van der Waals surface area contributed by atoms with Crippen molar-refractivity contribution in [3.8, 4) is 0 Å². The average molecular weight is 288 g/mol. The van der Waals surface area contributed by atoms with Gasteiger partial charge in [0.05, 0.1) is 0 Å². The number of aromatic nitrogens is 1. The average Bonchev–Trinajstić information content (AvgIpc) is 2.92.